The first kappa shape index (κ1) is 15.6. The van der Waals surface area contributed by atoms with E-state index in [2.05, 4.69) is 19.9 Å². The van der Waals surface area contributed by atoms with Crippen molar-refractivity contribution in [1.82, 2.24) is 19.9 Å². The zero-order valence-electron chi connectivity index (χ0n) is 14.2. The van der Waals surface area contributed by atoms with Gasteiger partial charge in [0.2, 0.25) is 0 Å². The number of nitrogens with zero attached hydrogens (tertiary/aromatic N) is 3. The summed E-state index contributed by atoms with van der Waals surface area (Å²) in [5.41, 5.74) is 1.99. The van der Waals surface area contributed by atoms with Gasteiger partial charge in [-0.2, -0.15) is 0 Å². The molecule has 2 aromatic heterocycles. The minimum Gasteiger partial charge on any atom is -0.493 e. The molecule has 128 valence electrons. The Labute approximate surface area is 142 Å². The molecular formula is C18H24N4O2. The van der Waals surface area contributed by atoms with Gasteiger partial charge in [-0.3, -0.25) is 9.88 Å². The largest absolute Gasteiger partial charge is 0.493 e. The molecule has 2 aromatic rings. The third kappa shape index (κ3) is 3.30. The lowest BCUT2D eigenvalue weighted by Gasteiger charge is -2.19. The van der Waals surface area contributed by atoms with Crippen LogP contribution in [0.1, 0.15) is 17.2 Å². The van der Waals surface area contributed by atoms with Crippen molar-refractivity contribution >= 4 is 0 Å². The van der Waals surface area contributed by atoms with Gasteiger partial charge in [-0.15, -0.1) is 0 Å². The number of fused-ring (bicyclic) bond motifs is 1. The third-order valence-electron chi connectivity index (χ3n) is 4.96. The molecule has 0 amide bonds. The van der Waals surface area contributed by atoms with Crippen LogP contribution in [0.25, 0.3) is 0 Å². The standard InChI is InChI=1S/C18H24N4O2/c1-12-5-15(6-13(2)21-12)23-10-14-11-24-17-8-22(7-16(14)17)9-18-19-3-4-20-18/h3-6,14,16-17H,7-11H2,1-2H3,(H,19,20)/t14-,16-,17-/m1/s1. The molecule has 0 saturated carbocycles. The molecule has 1 N–H and O–H groups in total. The summed E-state index contributed by atoms with van der Waals surface area (Å²) < 4.78 is 12.1. The molecule has 0 spiro atoms. The van der Waals surface area contributed by atoms with Gasteiger partial charge in [0, 0.05) is 60.8 Å². The molecule has 0 bridgehead atoms. The Bertz CT molecular complexity index is 668. The fourth-order valence-electron chi connectivity index (χ4n) is 3.86. The molecule has 0 radical (unpaired) electrons. The molecule has 0 aromatic carbocycles. The van der Waals surface area contributed by atoms with Crippen LogP contribution in [0.2, 0.25) is 0 Å². The molecule has 4 heterocycles. The highest BCUT2D eigenvalue weighted by molar-refractivity contribution is 5.26. The van der Waals surface area contributed by atoms with Crippen molar-refractivity contribution in [2.45, 2.75) is 26.5 Å². The van der Waals surface area contributed by atoms with Crippen LogP contribution in [0.4, 0.5) is 0 Å². The number of aryl methyl sites for hydroxylation is 2. The van der Waals surface area contributed by atoms with E-state index < -0.39 is 0 Å². The van der Waals surface area contributed by atoms with E-state index in [1.54, 1.807) is 6.20 Å². The molecule has 3 atom stereocenters. The van der Waals surface area contributed by atoms with Crippen LogP contribution < -0.4 is 4.74 Å². The van der Waals surface area contributed by atoms with E-state index in [1.165, 1.54) is 0 Å². The molecule has 0 unspecified atom stereocenters. The summed E-state index contributed by atoms with van der Waals surface area (Å²) in [6, 6.07) is 4.00. The molecule has 4 rings (SSSR count). The van der Waals surface area contributed by atoms with E-state index >= 15 is 0 Å². The number of ether oxygens (including phenoxy) is 2. The van der Waals surface area contributed by atoms with Gasteiger partial charge in [-0.25, -0.2) is 4.98 Å². The molecule has 6 heteroatoms. The SMILES string of the molecule is Cc1cc(OC[C@@H]2CO[C@@H]3CN(Cc4ncc[nH]4)C[C@H]23)cc(C)n1. The Morgan fingerprint density at radius 1 is 1.29 bits per heavy atom. The topological polar surface area (TPSA) is 63.3 Å². The van der Waals surface area contributed by atoms with E-state index in [-0.39, 0.29) is 0 Å². The second-order valence-corrected chi connectivity index (χ2v) is 6.92. The lowest BCUT2D eigenvalue weighted by molar-refractivity contribution is 0.0893. The second-order valence-electron chi connectivity index (χ2n) is 6.92. The van der Waals surface area contributed by atoms with Crippen LogP contribution in [0, 0.1) is 25.7 Å². The van der Waals surface area contributed by atoms with Crippen LogP contribution in [0.15, 0.2) is 24.5 Å². The quantitative estimate of drug-likeness (QED) is 0.909. The average Bonchev–Trinajstić information content (AvgIpc) is 3.22. The van der Waals surface area contributed by atoms with E-state index in [1.807, 2.05) is 32.2 Å². The zero-order valence-corrected chi connectivity index (χ0v) is 14.2. The molecule has 24 heavy (non-hydrogen) atoms. The fraction of sp³-hybridized carbons (Fsp3) is 0.556. The van der Waals surface area contributed by atoms with Crippen LogP contribution in [0.5, 0.6) is 5.75 Å². The molecule has 0 aliphatic carbocycles. The number of aromatic amines is 1. The van der Waals surface area contributed by atoms with Gasteiger partial charge in [-0.1, -0.05) is 0 Å². The minimum absolute atomic E-state index is 0.328. The zero-order chi connectivity index (χ0) is 16.5. The maximum atomic E-state index is 6.04. The smallest absolute Gasteiger partial charge is 0.122 e. The summed E-state index contributed by atoms with van der Waals surface area (Å²) in [5.74, 6) is 2.92. The number of nitrogens with one attached hydrogen (secondary N) is 1. The van der Waals surface area contributed by atoms with Crippen LogP contribution in [0.3, 0.4) is 0 Å². The van der Waals surface area contributed by atoms with Gasteiger partial charge in [-0.05, 0) is 13.8 Å². The lowest BCUT2D eigenvalue weighted by atomic mass is 9.94. The van der Waals surface area contributed by atoms with Crippen molar-refractivity contribution in [1.29, 1.82) is 0 Å². The third-order valence-corrected chi connectivity index (χ3v) is 4.96. The van der Waals surface area contributed by atoms with Gasteiger partial charge in [0.25, 0.3) is 0 Å². The predicted octanol–water partition coefficient (Wildman–Crippen LogP) is 1.95. The van der Waals surface area contributed by atoms with Crippen molar-refractivity contribution in [3.63, 3.8) is 0 Å². The highest BCUT2D eigenvalue weighted by Gasteiger charge is 2.44. The van der Waals surface area contributed by atoms with Gasteiger partial charge >= 0.3 is 0 Å². The number of pyridine rings is 1. The highest BCUT2D eigenvalue weighted by atomic mass is 16.5. The molecule has 6 nitrogen and oxygen atoms in total. The average molecular weight is 328 g/mol. The van der Waals surface area contributed by atoms with Crippen LogP contribution >= 0.6 is 0 Å². The van der Waals surface area contributed by atoms with Gasteiger partial charge < -0.3 is 14.5 Å². The maximum Gasteiger partial charge on any atom is 0.122 e. The molecule has 2 aliphatic heterocycles. The first-order valence-corrected chi connectivity index (χ1v) is 8.57. The number of H-pyrrole nitrogens is 1. The summed E-state index contributed by atoms with van der Waals surface area (Å²) in [7, 11) is 0. The molecule has 2 fully saturated rings. The van der Waals surface area contributed by atoms with Crippen molar-refractivity contribution < 1.29 is 9.47 Å². The van der Waals surface area contributed by atoms with Gasteiger partial charge in [0.1, 0.15) is 11.6 Å². The first-order valence-electron chi connectivity index (χ1n) is 8.57. The number of hydrogen-bond acceptors (Lipinski definition) is 5. The van der Waals surface area contributed by atoms with Crippen molar-refractivity contribution in [3.05, 3.63) is 41.7 Å². The Balaban J connectivity index is 1.34. The summed E-state index contributed by atoms with van der Waals surface area (Å²) >= 11 is 0. The molecular weight excluding hydrogens is 304 g/mol. The Hall–Kier alpha value is -1.92. The maximum absolute atomic E-state index is 6.04. The second kappa shape index (κ2) is 6.53. The predicted molar refractivity (Wildman–Crippen MR) is 89.8 cm³/mol. The van der Waals surface area contributed by atoms with E-state index in [9.17, 15) is 0 Å². The molecule has 2 aliphatic rings. The number of imidazole rings is 1. The van der Waals surface area contributed by atoms with Gasteiger partial charge in [0.05, 0.1) is 25.9 Å². The van der Waals surface area contributed by atoms with E-state index in [0.717, 1.165) is 49.2 Å². The summed E-state index contributed by atoms with van der Waals surface area (Å²) in [5, 5.41) is 0. The normalized spacial score (nSPS) is 26.7. The number of likely N-dealkylation sites (tertiary alicyclic amines) is 1. The lowest BCUT2D eigenvalue weighted by Crippen LogP contribution is -2.27. The van der Waals surface area contributed by atoms with Crippen molar-refractivity contribution in [2.75, 3.05) is 26.3 Å². The van der Waals surface area contributed by atoms with Crippen LogP contribution in [-0.2, 0) is 11.3 Å². The summed E-state index contributed by atoms with van der Waals surface area (Å²) in [6.07, 6.45) is 4.00. The highest BCUT2D eigenvalue weighted by Crippen LogP contribution is 2.34. The Morgan fingerprint density at radius 3 is 2.88 bits per heavy atom. The first-order chi connectivity index (χ1) is 11.7. The Morgan fingerprint density at radius 2 is 2.12 bits per heavy atom. The Kier molecular flexibility index (Phi) is 4.24. The van der Waals surface area contributed by atoms with E-state index in [4.69, 9.17) is 9.47 Å². The van der Waals surface area contributed by atoms with Crippen molar-refractivity contribution in [2.24, 2.45) is 11.8 Å². The van der Waals surface area contributed by atoms with Crippen molar-refractivity contribution in [3.8, 4) is 5.75 Å². The minimum atomic E-state index is 0.328. The van der Waals surface area contributed by atoms with Gasteiger partial charge in [0.15, 0.2) is 0 Å². The summed E-state index contributed by atoms with van der Waals surface area (Å²) in [6.45, 7) is 8.39. The number of hydrogen-bond donors (Lipinski definition) is 1. The van der Waals surface area contributed by atoms with Crippen LogP contribution in [-0.4, -0.2) is 52.3 Å². The monoisotopic (exact) mass is 328 g/mol. The number of aromatic nitrogens is 3. The summed E-state index contributed by atoms with van der Waals surface area (Å²) in [4.78, 5) is 14.3. The van der Waals surface area contributed by atoms with E-state index in [0.29, 0.717) is 24.5 Å². The number of rotatable bonds is 5. The fourth-order valence-corrected chi connectivity index (χ4v) is 3.86. The molecule has 2 saturated heterocycles.